The maximum atomic E-state index is 4.52. The predicted molar refractivity (Wildman–Crippen MR) is 59.3 cm³/mol. The molecule has 0 unspecified atom stereocenters. The third-order valence-electron chi connectivity index (χ3n) is 2.25. The largest absolute Gasteiger partial charge is 1.00 e. The number of hydrogen-bond acceptors (Lipinski definition) is 2. The molecule has 0 spiro atoms. The number of rotatable bonds is 0. The van der Waals surface area contributed by atoms with Gasteiger partial charge in [0.1, 0.15) is 0 Å². The second kappa shape index (κ2) is 6.10. The number of fused-ring (bicyclic) bond motifs is 2. The molecule has 0 amide bonds. The maximum absolute atomic E-state index is 4.52. The molecule has 0 saturated heterocycles. The first-order chi connectivity index (χ1) is 6.93. The van der Waals surface area contributed by atoms with Crippen molar-refractivity contribution in [1.29, 1.82) is 0 Å². The molecule has 16 heavy (non-hydrogen) atoms. The summed E-state index contributed by atoms with van der Waals surface area (Å²) in [7, 11) is 0. The summed E-state index contributed by atoms with van der Waals surface area (Å²) in [5.74, 6) is 0. The van der Waals surface area contributed by atoms with Crippen molar-refractivity contribution in [3.8, 4) is 0 Å². The average molecular weight is 228 g/mol. The second-order valence-electron chi connectivity index (χ2n) is 3.20. The summed E-state index contributed by atoms with van der Waals surface area (Å²) in [6.07, 6.45) is 0. The van der Waals surface area contributed by atoms with E-state index in [2.05, 4.69) is 9.97 Å². The van der Waals surface area contributed by atoms with E-state index in [1.54, 1.807) is 0 Å². The Morgan fingerprint density at radius 1 is 0.562 bits per heavy atom. The van der Waals surface area contributed by atoms with E-state index < -0.39 is 0 Å². The standard InChI is InChI=1S/C12H8N2.2Na.2H/c1-2-6-10-9(5-1)13-11-7-3-4-8-12(11)14-10;;;;/h1-8H;;;;/q;2*+1;2*-1. The quantitative estimate of drug-likeness (QED) is 0.303. The van der Waals surface area contributed by atoms with Crippen molar-refractivity contribution < 1.29 is 62.0 Å². The molecule has 3 rings (SSSR count). The summed E-state index contributed by atoms with van der Waals surface area (Å²) in [6, 6.07) is 15.8. The van der Waals surface area contributed by atoms with Gasteiger partial charge in [0.15, 0.2) is 0 Å². The Bertz CT molecular complexity index is 515. The molecule has 0 fully saturated rings. The zero-order valence-corrected chi connectivity index (χ0v) is 13.5. The van der Waals surface area contributed by atoms with Gasteiger partial charge in [-0.2, -0.15) is 0 Å². The SMILES string of the molecule is [H-].[H-].[Na+].[Na+].c1ccc2nc3ccccc3nc2c1. The summed E-state index contributed by atoms with van der Waals surface area (Å²) in [6.45, 7) is 0. The van der Waals surface area contributed by atoms with Gasteiger partial charge < -0.3 is 2.85 Å². The van der Waals surface area contributed by atoms with Crippen molar-refractivity contribution >= 4 is 22.1 Å². The summed E-state index contributed by atoms with van der Waals surface area (Å²) in [5.41, 5.74) is 3.80. The molecule has 70 valence electrons. The molecular formula is C12H10N2Na2. The number of benzene rings is 2. The smallest absolute Gasteiger partial charge is 1.00 e. The Hall–Kier alpha value is 0.0400. The summed E-state index contributed by atoms with van der Waals surface area (Å²) >= 11 is 0. The van der Waals surface area contributed by atoms with Gasteiger partial charge in [-0.25, -0.2) is 9.97 Å². The van der Waals surface area contributed by atoms with Crippen LogP contribution in [0, 0.1) is 0 Å². The fourth-order valence-electron chi connectivity index (χ4n) is 1.57. The van der Waals surface area contributed by atoms with Gasteiger partial charge in [-0.05, 0) is 24.3 Å². The van der Waals surface area contributed by atoms with Crippen molar-refractivity contribution in [2.24, 2.45) is 0 Å². The maximum Gasteiger partial charge on any atom is 1.00 e. The Balaban J connectivity index is 0. The van der Waals surface area contributed by atoms with E-state index in [1.165, 1.54) is 0 Å². The summed E-state index contributed by atoms with van der Waals surface area (Å²) in [4.78, 5) is 9.03. The number of aromatic nitrogens is 2. The minimum atomic E-state index is 0. The van der Waals surface area contributed by atoms with Gasteiger partial charge in [0.2, 0.25) is 0 Å². The monoisotopic (exact) mass is 228 g/mol. The van der Waals surface area contributed by atoms with Crippen LogP contribution in [0.25, 0.3) is 22.1 Å². The van der Waals surface area contributed by atoms with Crippen LogP contribution in [0.4, 0.5) is 0 Å². The van der Waals surface area contributed by atoms with Crippen molar-refractivity contribution in [1.82, 2.24) is 9.97 Å². The van der Waals surface area contributed by atoms with E-state index >= 15 is 0 Å². The van der Waals surface area contributed by atoms with E-state index in [1.807, 2.05) is 48.5 Å². The second-order valence-corrected chi connectivity index (χ2v) is 3.20. The molecule has 0 aliphatic rings. The average Bonchev–Trinajstić information content (AvgIpc) is 2.26. The van der Waals surface area contributed by atoms with E-state index in [9.17, 15) is 0 Å². The number of para-hydroxylation sites is 4. The molecule has 0 bridgehead atoms. The van der Waals surface area contributed by atoms with Crippen LogP contribution in [0.1, 0.15) is 2.85 Å². The zero-order chi connectivity index (χ0) is 9.38. The van der Waals surface area contributed by atoms with E-state index in [0.717, 1.165) is 22.1 Å². The van der Waals surface area contributed by atoms with Crippen LogP contribution in [0.3, 0.4) is 0 Å². The van der Waals surface area contributed by atoms with Crippen molar-refractivity contribution in [3.63, 3.8) is 0 Å². The normalized spacial score (nSPS) is 9.50. The minimum absolute atomic E-state index is 0. The first kappa shape index (κ1) is 14.1. The Morgan fingerprint density at radius 2 is 0.812 bits per heavy atom. The molecule has 3 aromatic rings. The molecule has 1 aromatic heterocycles. The van der Waals surface area contributed by atoms with Crippen LogP contribution in [-0.4, -0.2) is 9.97 Å². The topological polar surface area (TPSA) is 25.8 Å². The van der Waals surface area contributed by atoms with Gasteiger partial charge in [0.25, 0.3) is 0 Å². The van der Waals surface area contributed by atoms with Crippen LogP contribution < -0.4 is 59.1 Å². The fourth-order valence-corrected chi connectivity index (χ4v) is 1.57. The van der Waals surface area contributed by atoms with Gasteiger partial charge >= 0.3 is 59.1 Å². The molecule has 0 radical (unpaired) electrons. The zero-order valence-electron chi connectivity index (χ0n) is 11.5. The molecule has 2 aromatic carbocycles. The third kappa shape index (κ3) is 2.65. The van der Waals surface area contributed by atoms with E-state index in [0.29, 0.717) is 0 Å². The van der Waals surface area contributed by atoms with Crippen molar-refractivity contribution in [2.45, 2.75) is 0 Å². The first-order valence-electron chi connectivity index (χ1n) is 4.55. The van der Waals surface area contributed by atoms with Crippen LogP contribution in [-0.2, 0) is 0 Å². The summed E-state index contributed by atoms with van der Waals surface area (Å²) in [5, 5.41) is 0. The molecular weight excluding hydrogens is 218 g/mol. The Kier molecular flexibility index (Phi) is 5.38. The van der Waals surface area contributed by atoms with Gasteiger partial charge in [-0.15, -0.1) is 0 Å². The molecule has 0 aliphatic heterocycles. The molecule has 0 saturated carbocycles. The van der Waals surface area contributed by atoms with Gasteiger partial charge in [0.05, 0.1) is 22.1 Å². The minimum Gasteiger partial charge on any atom is -1.00 e. The fraction of sp³-hybridized carbons (Fsp3) is 0. The summed E-state index contributed by atoms with van der Waals surface area (Å²) < 4.78 is 0. The molecule has 0 aliphatic carbocycles. The van der Waals surface area contributed by atoms with Crippen LogP contribution >= 0.6 is 0 Å². The third-order valence-corrected chi connectivity index (χ3v) is 2.25. The van der Waals surface area contributed by atoms with Crippen LogP contribution in [0.5, 0.6) is 0 Å². The van der Waals surface area contributed by atoms with E-state index in [4.69, 9.17) is 0 Å². The molecule has 0 atom stereocenters. The first-order valence-corrected chi connectivity index (χ1v) is 4.55. The number of nitrogens with zero attached hydrogens (tertiary/aromatic N) is 2. The molecule has 2 nitrogen and oxygen atoms in total. The van der Waals surface area contributed by atoms with Crippen molar-refractivity contribution in [2.75, 3.05) is 0 Å². The van der Waals surface area contributed by atoms with Gasteiger partial charge in [0, 0.05) is 0 Å². The van der Waals surface area contributed by atoms with E-state index in [-0.39, 0.29) is 62.0 Å². The van der Waals surface area contributed by atoms with Crippen molar-refractivity contribution in [3.05, 3.63) is 48.5 Å². The Labute approximate surface area is 141 Å². The predicted octanol–water partition coefficient (Wildman–Crippen LogP) is -2.98. The number of hydrogen-bond donors (Lipinski definition) is 0. The molecule has 4 heteroatoms. The van der Waals surface area contributed by atoms with Crippen LogP contribution in [0.15, 0.2) is 48.5 Å². The van der Waals surface area contributed by atoms with Gasteiger partial charge in [-0.1, -0.05) is 24.3 Å². The molecule has 1 heterocycles. The van der Waals surface area contributed by atoms with Gasteiger partial charge in [-0.3, -0.25) is 0 Å². The molecule has 0 N–H and O–H groups in total. The van der Waals surface area contributed by atoms with Crippen LogP contribution in [0.2, 0.25) is 0 Å². The Morgan fingerprint density at radius 3 is 1.06 bits per heavy atom.